The Balaban J connectivity index is 0.00000171. The minimum atomic E-state index is -4.36. The number of alkyl halides is 3. The van der Waals surface area contributed by atoms with Crippen LogP contribution in [0.3, 0.4) is 0 Å². The monoisotopic (exact) mass is 405 g/mol. The van der Waals surface area contributed by atoms with E-state index in [4.69, 9.17) is 5.73 Å². The second-order valence-electron chi connectivity index (χ2n) is 6.42. The number of hydrogen-bond donors (Lipinski definition) is 2. The number of halogens is 3. The number of nitrogens with one attached hydrogen (secondary N) is 1. The van der Waals surface area contributed by atoms with Gasteiger partial charge in [0.1, 0.15) is 12.1 Å². The van der Waals surface area contributed by atoms with Gasteiger partial charge in [-0.15, -0.1) is 5.10 Å². The summed E-state index contributed by atoms with van der Waals surface area (Å²) in [4.78, 5) is 12.7. The number of hydrogen-bond acceptors (Lipinski definition) is 6. The van der Waals surface area contributed by atoms with Crippen LogP contribution in [0.25, 0.3) is 16.9 Å². The van der Waals surface area contributed by atoms with Crippen LogP contribution in [-0.2, 0) is 6.18 Å². The van der Waals surface area contributed by atoms with Gasteiger partial charge in [0.05, 0.1) is 16.8 Å². The predicted molar refractivity (Wildman–Crippen MR) is 108 cm³/mol. The summed E-state index contributed by atoms with van der Waals surface area (Å²) in [7, 11) is 0. The topological polar surface area (TPSA) is 94.0 Å². The van der Waals surface area contributed by atoms with Crippen molar-refractivity contribution < 1.29 is 17.5 Å². The summed E-state index contributed by atoms with van der Waals surface area (Å²) in [5.41, 5.74) is 7.71. The zero-order chi connectivity index (χ0) is 20.6. The van der Waals surface area contributed by atoms with Gasteiger partial charge in [0.15, 0.2) is 11.5 Å². The Kier molecular flexibility index (Phi) is 4.53. The molecule has 0 radical (unpaired) electrons. The van der Waals surface area contributed by atoms with Gasteiger partial charge in [-0.2, -0.15) is 13.2 Å². The number of benzene rings is 1. The van der Waals surface area contributed by atoms with E-state index < -0.39 is 11.7 Å². The quantitative estimate of drug-likeness (QED) is 0.511. The summed E-state index contributed by atoms with van der Waals surface area (Å²) in [6.45, 7) is 1.83. The lowest BCUT2D eigenvalue weighted by molar-refractivity contribution is -0.137. The fraction of sp³-hybridized carbons (Fsp3) is 0.158. The molecule has 0 amide bonds. The first-order chi connectivity index (χ1) is 13.8. The van der Waals surface area contributed by atoms with Crippen molar-refractivity contribution in [2.75, 3.05) is 11.1 Å². The van der Waals surface area contributed by atoms with Gasteiger partial charge in [0.2, 0.25) is 0 Å². The largest absolute Gasteiger partial charge is 0.416 e. The van der Waals surface area contributed by atoms with Crippen molar-refractivity contribution in [1.29, 1.82) is 0 Å². The molecule has 154 valence electrons. The Hall–Kier alpha value is -3.69. The van der Waals surface area contributed by atoms with E-state index in [-0.39, 0.29) is 16.1 Å². The molecule has 0 saturated heterocycles. The van der Waals surface area contributed by atoms with E-state index in [0.717, 1.165) is 12.1 Å². The maximum Gasteiger partial charge on any atom is 0.416 e. The van der Waals surface area contributed by atoms with Crippen LogP contribution in [-0.4, -0.2) is 24.6 Å². The summed E-state index contributed by atoms with van der Waals surface area (Å²) < 4.78 is 39.8. The lowest BCUT2D eigenvalue weighted by atomic mass is 10.1. The predicted octanol–water partition coefficient (Wildman–Crippen LogP) is 4.70. The summed E-state index contributed by atoms with van der Waals surface area (Å²) in [5.74, 6) is 0.779. The van der Waals surface area contributed by atoms with Crippen LogP contribution in [0.2, 0.25) is 0 Å². The van der Waals surface area contributed by atoms with E-state index in [9.17, 15) is 13.2 Å². The molecular formula is C19H22F3N7. The number of nitrogen functional groups attached to an aromatic ring is 1. The fourth-order valence-electron chi connectivity index (χ4n) is 2.99. The zero-order valence-corrected chi connectivity index (χ0v) is 15.2. The minimum absolute atomic E-state index is 0. The second-order valence-corrected chi connectivity index (χ2v) is 6.42. The van der Waals surface area contributed by atoms with Crippen molar-refractivity contribution >= 4 is 17.3 Å². The van der Waals surface area contributed by atoms with Gasteiger partial charge >= 0.3 is 6.18 Å². The summed E-state index contributed by atoms with van der Waals surface area (Å²) in [6.07, 6.45) is 0.379. The maximum atomic E-state index is 12.7. The molecule has 0 saturated carbocycles. The molecule has 0 fully saturated rings. The molecule has 0 aliphatic heterocycles. The Morgan fingerprint density at radius 3 is 2.62 bits per heavy atom. The van der Waals surface area contributed by atoms with E-state index in [1.165, 1.54) is 18.5 Å². The maximum absolute atomic E-state index is 12.7. The number of aromatic nitrogens is 5. The number of nitrogens with zero attached hydrogens (tertiary/aromatic N) is 5. The van der Waals surface area contributed by atoms with Gasteiger partial charge in [0, 0.05) is 28.8 Å². The third-order valence-corrected chi connectivity index (χ3v) is 4.45. The molecule has 0 bridgehead atoms. The third-order valence-electron chi connectivity index (χ3n) is 4.45. The first kappa shape index (κ1) is 18.7. The number of rotatable bonds is 4. The average molecular weight is 405 g/mol. The number of nitrogens with two attached hydrogens (primary N) is 1. The van der Waals surface area contributed by atoms with Crippen molar-refractivity contribution in [3.63, 3.8) is 0 Å². The van der Waals surface area contributed by atoms with Crippen molar-refractivity contribution in [1.82, 2.24) is 24.6 Å². The molecule has 4 rings (SSSR count). The number of anilines is 2. The van der Waals surface area contributed by atoms with Crippen LogP contribution >= 0.6 is 0 Å². The Bertz CT molecular complexity index is 1170. The summed E-state index contributed by atoms with van der Waals surface area (Å²) >= 11 is 0. The molecule has 3 heterocycles. The van der Waals surface area contributed by atoms with Gasteiger partial charge in [-0.25, -0.2) is 19.5 Å². The van der Waals surface area contributed by atoms with Crippen LogP contribution in [0.15, 0.2) is 55.1 Å². The molecule has 3 aromatic heterocycles. The van der Waals surface area contributed by atoms with Crippen molar-refractivity contribution in [2.24, 2.45) is 0 Å². The van der Waals surface area contributed by atoms with Gasteiger partial charge in [-0.05, 0) is 30.7 Å². The molecule has 0 spiro atoms. The van der Waals surface area contributed by atoms with Gasteiger partial charge in [0.25, 0.3) is 0 Å². The van der Waals surface area contributed by atoms with Crippen LogP contribution in [0.5, 0.6) is 0 Å². The minimum Gasteiger partial charge on any atom is -0.382 e. The standard InChI is InChI=1S/C19H16F3N7.3H2/c1-11(12-3-5-13(6-4-12)19(20,21)22)27-15-9-14(25-10-26-15)16-17(23)28-29-8-2-7-24-18(16)29;;;/h2-11H,1H3,(H2,23,28)(H,25,26,27);3*1H/t11-;;;/m0.../s1. The Morgan fingerprint density at radius 2 is 1.90 bits per heavy atom. The molecule has 0 aliphatic carbocycles. The smallest absolute Gasteiger partial charge is 0.382 e. The number of fused-ring (bicyclic) bond motifs is 1. The first-order valence-corrected chi connectivity index (χ1v) is 8.68. The van der Waals surface area contributed by atoms with Crippen LogP contribution < -0.4 is 11.1 Å². The first-order valence-electron chi connectivity index (χ1n) is 8.68. The molecular weight excluding hydrogens is 383 g/mol. The average Bonchev–Trinajstić information content (AvgIpc) is 3.03. The third kappa shape index (κ3) is 3.68. The SMILES string of the molecule is C[C@H](Nc1cc(-c2c(N)nn3cccnc23)ncn1)c1ccc(C(F)(F)F)cc1.[HH].[HH].[HH]. The fourth-order valence-corrected chi connectivity index (χ4v) is 2.99. The molecule has 10 heteroatoms. The van der Waals surface area contributed by atoms with E-state index in [0.29, 0.717) is 28.3 Å². The van der Waals surface area contributed by atoms with E-state index >= 15 is 0 Å². The molecule has 1 atom stereocenters. The highest BCUT2D eigenvalue weighted by molar-refractivity contribution is 5.84. The lowest BCUT2D eigenvalue weighted by Gasteiger charge is -2.16. The van der Waals surface area contributed by atoms with E-state index in [1.807, 2.05) is 6.92 Å². The molecule has 0 unspecified atom stereocenters. The normalized spacial score (nSPS) is 12.8. The van der Waals surface area contributed by atoms with Crippen molar-refractivity contribution in [2.45, 2.75) is 19.1 Å². The van der Waals surface area contributed by atoms with Crippen molar-refractivity contribution in [3.05, 3.63) is 66.2 Å². The Morgan fingerprint density at radius 1 is 1.14 bits per heavy atom. The van der Waals surface area contributed by atoms with Gasteiger partial charge < -0.3 is 11.1 Å². The van der Waals surface area contributed by atoms with Crippen LogP contribution in [0.1, 0.15) is 28.4 Å². The van der Waals surface area contributed by atoms with E-state index in [1.54, 1.807) is 29.0 Å². The van der Waals surface area contributed by atoms with E-state index in [2.05, 4.69) is 25.4 Å². The molecule has 7 nitrogen and oxygen atoms in total. The summed E-state index contributed by atoms with van der Waals surface area (Å²) in [5, 5.41) is 7.38. The molecule has 3 N–H and O–H groups in total. The van der Waals surface area contributed by atoms with Crippen LogP contribution in [0.4, 0.5) is 24.8 Å². The van der Waals surface area contributed by atoms with Crippen LogP contribution in [0, 0.1) is 0 Å². The highest BCUT2D eigenvalue weighted by Gasteiger charge is 2.30. The molecule has 29 heavy (non-hydrogen) atoms. The highest BCUT2D eigenvalue weighted by atomic mass is 19.4. The molecule has 4 aromatic rings. The molecule has 1 aromatic carbocycles. The van der Waals surface area contributed by atoms with Gasteiger partial charge in [-0.1, -0.05) is 12.1 Å². The lowest BCUT2D eigenvalue weighted by Crippen LogP contribution is -2.10. The Labute approximate surface area is 167 Å². The summed E-state index contributed by atoms with van der Waals surface area (Å²) in [6, 6.07) is 8.16. The van der Waals surface area contributed by atoms with Crippen molar-refractivity contribution in [3.8, 4) is 11.3 Å². The molecule has 0 aliphatic rings. The zero-order valence-electron chi connectivity index (χ0n) is 15.2. The van der Waals surface area contributed by atoms with Gasteiger partial charge in [-0.3, -0.25) is 0 Å². The highest BCUT2D eigenvalue weighted by Crippen LogP contribution is 2.31. The second kappa shape index (κ2) is 7.04.